The van der Waals surface area contributed by atoms with Crippen molar-refractivity contribution in [2.24, 2.45) is 11.8 Å². The van der Waals surface area contributed by atoms with Crippen LogP contribution < -0.4 is 0 Å². The molecule has 0 spiro atoms. The Morgan fingerprint density at radius 1 is 1.73 bits per heavy atom. The molecule has 0 aliphatic heterocycles. The van der Waals surface area contributed by atoms with Gasteiger partial charge < -0.3 is 5.11 Å². The summed E-state index contributed by atoms with van der Waals surface area (Å²) in [5.74, 6) is 1.20. The van der Waals surface area contributed by atoms with E-state index in [4.69, 9.17) is 0 Å². The third-order valence-corrected chi connectivity index (χ3v) is 4.00. The maximum atomic E-state index is 9.93. The minimum Gasteiger partial charge on any atom is -0.392 e. The number of imidazole rings is 1. The zero-order valence-corrected chi connectivity index (χ0v) is 9.44. The molecule has 15 heavy (non-hydrogen) atoms. The number of rotatable bonds is 3. The van der Waals surface area contributed by atoms with Crippen molar-refractivity contribution in [2.75, 3.05) is 0 Å². The van der Waals surface area contributed by atoms with E-state index in [-0.39, 0.29) is 6.10 Å². The molecule has 2 aromatic heterocycles. The molecule has 1 aliphatic carbocycles. The van der Waals surface area contributed by atoms with Gasteiger partial charge >= 0.3 is 0 Å². The van der Waals surface area contributed by atoms with Crippen molar-refractivity contribution >= 4 is 16.3 Å². The van der Waals surface area contributed by atoms with Crippen LogP contribution >= 0.6 is 11.3 Å². The molecule has 3 atom stereocenters. The van der Waals surface area contributed by atoms with Crippen LogP contribution in [0.25, 0.3) is 4.96 Å². The van der Waals surface area contributed by atoms with Crippen molar-refractivity contribution in [3.05, 3.63) is 23.5 Å². The number of hydrogen-bond acceptors (Lipinski definition) is 3. The fourth-order valence-electron chi connectivity index (χ4n) is 2.13. The van der Waals surface area contributed by atoms with Crippen LogP contribution in [0.4, 0.5) is 0 Å². The molecular weight excluding hydrogens is 208 g/mol. The maximum Gasteiger partial charge on any atom is 0.193 e. The second-order valence-corrected chi connectivity index (χ2v) is 5.35. The van der Waals surface area contributed by atoms with Crippen LogP contribution in [0.2, 0.25) is 0 Å². The van der Waals surface area contributed by atoms with Crippen molar-refractivity contribution in [1.29, 1.82) is 0 Å². The van der Waals surface area contributed by atoms with E-state index < -0.39 is 0 Å². The highest BCUT2D eigenvalue weighted by atomic mass is 32.1. The van der Waals surface area contributed by atoms with Crippen LogP contribution in [-0.4, -0.2) is 20.6 Å². The summed E-state index contributed by atoms with van der Waals surface area (Å²) in [5, 5.41) is 11.9. The molecule has 3 rings (SSSR count). The quantitative estimate of drug-likeness (QED) is 0.862. The lowest BCUT2D eigenvalue weighted by Gasteiger charge is -2.06. The predicted octanol–water partition coefficient (Wildman–Crippen LogP) is 1.96. The van der Waals surface area contributed by atoms with E-state index in [1.165, 1.54) is 6.42 Å². The molecule has 0 amide bonds. The molecule has 1 aliphatic rings. The summed E-state index contributed by atoms with van der Waals surface area (Å²) < 4.78 is 2.02. The van der Waals surface area contributed by atoms with E-state index in [1.54, 1.807) is 11.3 Å². The highest BCUT2D eigenvalue weighted by Crippen LogP contribution is 2.41. The number of aromatic nitrogens is 2. The number of nitrogens with zero attached hydrogens (tertiary/aromatic N) is 2. The minimum atomic E-state index is -0.204. The summed E-state index contributed by atoms with van der Waals surface area (Å²) in [6.07, 6.45) is 5.68. The predicted molar refractivity (Wildman–Crippen MR) is 60.1 cm³/mol. The zero-order chi connectivity index (χ0) is 10.4. The fourth-order valence-corrected chi connectivity index (χ4v) is 2.85. The smallest absolute Gasteiger partial charge is 0.193 e. The molecule has 0 bridgehead atoms. The Kier molecular flexibility index (Phi) is 2.07. The summed E-state index contributed by atoms with van der Waals surface area (Å²) in [6, 6.07) is 0. The molecule has 2 heterocycles. The van der Waals surface area contributed by atoms with Gasteiger partial charge in [0.1, 0.15) is 0 Å². The molecule has 2 aromatic rings. The molecule has 3 nitrogen and oxygen atoms in total. The minimum absolute atomic E-state index is 0.204. The largest absolute Gasteiger partial charge is 0.392 e. The SMILES string of the molecule is CC1CC1C(O)Cc1cn2ccsc2n1. The summed E-state index contributed by atoms with van der Waals surface area (Å²) >= 11 is 1.63. The average molecular weight is 222 g/mol. The molecule has 0 saturated heterocycles. The van der Waals surface area contributed by atoms with Gasteiger partial charge in [-0.15, -0.1) is 11.3 Å². The van der Waals surface area contributed by atoms with Crippen molar-refractivity contribution in [1.82, 2.24) is 9.38 Å². The second kappa shape index (κ2) is 3.32. The van der Waals surface area contributed by atoms with Crippen molar-refractivity contribution < 1.29 is 5.11 Å². The van der Waals surface area contributed by atoms with Crippen LogP contribution in [0.3, 0.4) is 0 Å². The lowest BCUT2D eigenvalue weighted by Crippen LogP contribution is -2.14. The molecule has 3 unspecified atom stereocenters. The lowest BCUT2D eigenvalue weighted by molar-refractivity contribution is 0.145. The molecule has 0 radical (unpaired) electrons. The summed E-state index contributed by atoms with van der Waals surface area (Å²) in [4.78, 5) is 5.48. The number of thiazole rings is 1. The third-order valence-electron chi connectivity index (χ3n) is 3.23. The standard InChI is InChI=1S/C11H14N2OS/c1-7-4-9(7)10(14)5-8-6-13-2-3-15-11(13)12-8/h2-3,6-7,9-10,14H,4-5H2,1H3. The number of fused-ring (bicyclic) bond motifs is 1. The highest BCUT2D eigenvalue weighted by Gasteiger charge is 2.38. The van der Waals surface area contributed by atoms with Crippen LogP contribution in [0, 0.1) is 11.8 Å². The van der Waals surface area contributed by atoms with Crippen LogP contribution in [0.15, 0.2) is 17.8 Å². The van der Waals surface area contributed by atoms with Crippen LogP contribution in [-0.2, 0) is 6.42 Å². The molecule has 4 heteroatoms. The summed E-state index contributed by atoms with van der Waals surface area (Å²) in [6.45, 7) is 2.19. The Bertz CT molecular complexity index is 447. The van der Waals surface area contributed by atoms with Crippen LogP contribution in [0.1, 0.15) is 19.0 Å². The van der Waals surface area contributed by atoms with Gasteiger partial charge in [0.05, 0.1) is 11.8 Å². The van der Waals surface area contributed by atoms with E-state index in [0.717, 1.165) is 10.7 Å². The molecule has 1 N–H and O–H groups in total. The van der Waals surface area contributed by atoms with E-state index in [2.05, 4.69) is 11.9 Å². The topological polar surface area (TPSA) is 37.5 Å². The highest BCUT2D eigenvalue weighted by molar-refractivity contribution is 7.15. The maximum absolute atomic E-state index is 9.93. The average Bonchev–Trinajstić information content (AvgIpc) is 2.58. The molecule has 0 aromatic carbocycles. The van der Waals surface area contributed by atoms with E-state index in [0.29, 0.717) is 18.3 Å². The van der Waals surface area contributed by atoms with Gasteiger partial charge in [0.25, 0.3) is 0 Å². The van der Waals surface area contributed by atoms with Gasteiger partial charge in [0.15, 0.2) is 4.96 Å². The Hall–Kier alpha value is -0.870. The van der Waals surface area contributed by atoms with Crippen molar-refractivity contribution in [3.63, 3.8) is 0 Å². The monoisotopic (exact) mass is 222 g/mol. The first kappa shape index (κ1) is 9.36. The van der Waals surface area contributed by atoms with Gasteiger partial charge in [0.2, 0.25) is 0 Å². The number of hydrogen-bond donors (Lipinski definition) is 1. The number of aliphatic hydroxyl groups is 1. The first-order valence-electron chi connectivity index (χ1n) is 5.33. The molecule has 1 fully saturated rings. The van der Waals surface area contributed by atoms with Crippen molar-refractivity contribution in [3.8, 4) is 0 Å². The van der Waals surface area contributed by atoms with Gasteiger partial charge in [-0.3, -0.25) is 4.40 Å². The van der Waals surface area contributed by atoms with E-state index in [1.807, 2.05) is 22.2 Å². The van der Waals surface area contributed by atoms with Crippen LogP contribution in [0.5, 0.6) is 0 Å². The zero-order valence-electron chi connectivity index (χ0n) is 8.63. The van der Waals surface area contributed by atoms with E-state index >= 15 is 0 Å². The van der Waals surface area contributed by atoms with Gasteiger partial charge in [-0.25, -0.2) is 4.98 Å². The summed E-state index contributed by atoms with van der Waals surface area (Å²) in [7, 11) is 0. The Labute approximate surface area is 92.4 Å². The normalized spacial score (nSPS) is 27.1. The Morgan fingerprint density at radius 3 is 3.20 bits per heavy atom. The fraction of sp³-hybridized carbons (Fsp3) is 0.545. The van der Waals surface area contributed by atoms with Crippen molar-refractivity contribution in [2.45, 2.75) is 25.9 Å². The molecule has 80 valence electrons. The second-order valence-electron chi connectivity index (χ2n) is 4.47. The first-order valence-corrected chi connectivity index (χ1v) is 6.21. The Morgan fingerprint density at radius 2 is 2.53 bits per heavy atom. The third kappa shape index (κ3) is 1.68. The Balaban J connectivity index is 1.74. The van der Waals surface area contributed by atoms with E-state index in [9.17, 15) is 5.11 Å². The van der Waals surface area contributed by atoms with Gasteiger partial charge in [-0.05, 0) is 18.3 Å². The number of aliphatic hydroxyl groups excluding tert-OH is 1. The van der Waals surface area contributed by atoms with Gasteiger partial charge in [0, 0.05) is 24.2 Å². The van der Waals surface area contributed by atoms with Gasteiger partial charge in [-0.2, -0.15) is 0 Å². The molecular formula is C11H14N2OS. The van der Waals surface area contributed by atoms with Gasteiger partial charge in [-0.1, -0.05) is 6.92 Å². The lowest BCUT2D eigenvalue weighted by atomic mass is 10.1. The summed E-state index contributed by atoms with van der Waals surface area (Å²) in [5.41, 5.74) is 1.01. The molecule has 1 saturated carbocycles. The first-order chi connectivity index (χ1) is 7.24.